The van der Waals surface area contributed by atoms with Crippen LogP contribution in [0.25, 0.3) is 12.2 Å². The van der Waals surface area contributed by atoms with E-state index in [2.05, 4.69) is 18.1 Å². The van der Waals surface area contributed by atoms with Crippen LogP contribution < -0.4 is 5.43 Å². The lowest BCUT2D eigenvalue weighted by Crippen LogP contribution is -2.05. The molecule has 66 valence electrons. The number of allylic oxidation sites excluding steroid dienone is 2. The van der Waals surface area contributed by atoms with E-state index in [-0.39, 0.29) is 5.43 Å². The molecule has 0 aliphatic heterocycles. The lowest BCUT2D eigenvalue weighted by atomic mass is 10.1. The molecule has 2 nitrogen and oxygen atoms in total. The largest absolute Gasteiger partial charge is 0.361 e. The Hall–Kier alpha value is -1.83. The number of aromatic amines is 1. The molecular weight excluding hydrogens is 162 g/mol. The van der Waals surface area contributed by atoms with Crippen LogP contribution in [0.1, 0.15) is 11.3 Å². The van der Waals surface area contributed by atoms with Gasteiger partial charge in [0.05, 0.1) is 0 Å². The van der Waals surface area contributed by atoms with Crippen LogP contribution in [0.2, 0.25) is 0 Å². The molecule has 2 heteroatoms. The van der Waals surface area contributed by atoms with E-state index < -0.39 is 0 Å². The van der Waals surface area contributed by atoms with E-state index >= 15 is 0 Å². The van der Waals surface area contributed by atoms with Crippen molar-refractivity contribution in [3.05, 3.63) is 59.1 Å². The number of H-pyrrole nitrogens is 1. The van der Waals surface area contributed by atoms with Crippen molar-refractivity contribution < 1.29 is 0 Å². The van der Waals surface area contributed by atoms with Gasteiger partial charge in [0.1, 0.15) is 0 Å². The first-order valence-electron chi connectivity index (χ1n) is 3.93. The Morgan fingerprint density at radius 2 is 2.15 bits per heavy atom. The molecule has 1 rings (SSSR count). The number of hydrogen-bond donors (Lipinski definition) is 1. The van der Waals surface area contributed by atoms with Gasteiger partial charge in [0.2, 0.25) is 0 Å². The zero-order valence-electron chi connectivity index (χ0n) is 7.29. The lowest BCUT2D eigenvalue weighted by Gasteiger charge is -1.97. The minimum atomic E-state index is -0.0215. The highest BCUT2D eigenvalue weighted by Gasteiger charge is 1.98. The summed E-state index contributed by atoms with van der Waals surface area (Å²) in [5.74, 6) is 0. The quantitative estimate of drug-likeness (QED) is 0.698. The maximum absolute atomic E-state index is 11.4. The standard InChI is InChI=1S/C11H11NO/c1-3-5-6-9-10(4-2)12-8-7-11(9)13/h3-8H,1-2H2,(H,12,13). The minimum absolute atomic E-state index is 0.0215. The molecule has 0 fully saturated rings. The second-order valence-corrected chi connectivity index (χ2v) is 2.47. The Morgan fingerprint density at radius 3 is 2.77 bits per heavy atom. The molecule has 1 aromatic heterocycles. The fourth-order valence-electron chi connectivity index (χ4n) is 1.01. The highest BCUT2D eigenvalue weighted by molar-refractivity contribution is 5.61. The van der Waals surface area contributed by atoms with Crippen molar-refractivity contribution in [1.82, 2.24) is 4.98 Å². The van der Waals surface area contributed by atoms with Crippen LogP contribution in [0.5, 0.6) is 0 Å². The maximum Gasteiger partial charge on any atom is 0.189 e. The van der Waals surface area contributed by atoms with Gasteiger partial charge in [-0.15, -0.1) is 0 Å². The zero-order valence-corrected chi connectivity index (χ0v) is 7.29. The van der Waals surface area contributed by atoms with Gasteiger partial charge in [-0.25, -0.2) is 0 Å². The summed E-state index contributed by atoms with van der Waals surface area (Å²) in [5, 5.41) is 0. The molecule has 1 N–H and O–H groups in total. The van der Waals surface area contributed by atoms with E-state index in [0.717, 1.165) is 5.69 Å². The Kier molecular flexibility index (Phi) is 3.03. The zero-order chi connectivity index (χ0) is 9.68. The van der Waals surface area contributed by atoms with Gasteiger partial charge in [-0.05, 0) is 12.2 Å². The SMILES string of the molecule is C=CC=Cc1c(C=C)[nH]ccc1=O. The van der Waals surface area contributed by atoms with Crippen LogP contribution >= 0.6 is 0 Å². The molecule has 13 heavy (non-hydrogen) atoms. The van der Waals surface area contributed by atoms with Crippen LogP contribution in [0.15, 0.2) is 42.4 Å². The fourth-order valence-corrected chi connectivity index (χ4v) is 1.01. The third-order valence-electron chi connectivity index (χ3n) is 1.63. The average molecular weight is 173 g/mol. The molecule has 0 spiro atoms. The summed E-state index contributed by atoms with van der Waals surface area (Å²) in [7, 11) is 0. The summed E-state index contributed by atoms with van der Waals surface area (Å²) >= 11 is 0. The van der Waals surface area contributed by atoms with Gasteiger partial charge < -0.3 is 4.98 Å². The molecule has 0 bridgehead atoms. The van der Waals surface area contributed by atoms with Gasteiger partial charge in [0.15, 0.2) is 5.43 Å². The van der Waals surface area contributed by atoms with Gasteiger partial charge in [-0.2, -0.15) is 0 Å². The summed E-state index contributed by atoms with van der Waals surface area (Å²) in [6, 6.07) is 1.48. The molecule has 0 atom stereocenters. The van der Waals surface area contributed by atoms with Crippen LogP contribution in [0.3, 0.4) is 0 Å². The second-order valence-electron chi connectivity index (χ2n) is 2.47. The average Bonchev–Trinajstić information content (AvgIpc) is 2.15. The first-order valence-corrected chi connectivity index (χ1v) is 3.93. The molecule has 1 aromatic rings. The van der Waals surface area contributed by atoms with Gasteiger partial charge in [0, 0.05) is 23.5 Å². The van der Waals surface area contributed by atoms with Gasteiger partial charge in [-0.1, -0.05) is 25.3 Å². The van der Waals surface area contributed by atoms with Crippen molar-refractivity contribution in [2.24, 2.45) is 0 Å². The van der Waals surface area contributed by atoms with Crippen LogP contribution in [0, 0.1) is 0 Å². The molecule has 0 aromatic carbocycles. The van der Waals surface area contributed by atoms with E-state index in [9.17, 15) is 4.79 Å². The maximum atomic E-state index is 11.4. The normalized spacial score (nSPS) is 10.2. The van der Waals surface area contributed by atoms with Crippen molar-refractivity contribution in [3.8, 4) is 0 Å². The molecule has 0 aliphatic rings. The number of aromatic nitrogens is 1. The van der Waals surface area contributed by atoms with Crippen LogP contribution in [-0.4, -0.2) is 4.98 Å². The minimum Gasteiger partial charge on any atom is -0.361 e. The van der Waals surface area contributed by atoms with Crippen molar-refractivity contribution in [2.75, 3.05) is 0 Å². The number of pyridine rings is 1. The fraction of sp³-hybridized carbons (Fsp3) is 0. The number of nitrogens with one attached hydrogen (secondary N) is 1. The summed E-state index contributed by atoms with van der Waals surface area (Å²) in [5.41, 5.74) is 1.31. The Morgan fingerprint density at radius 1 is 1.38 bits per heavy atom. The van der Waals surface area contributed by atoms with Crippen molar-refractivity contribution in [1.29, 1.82) is 0 Å². The van der Waals surface area contributed by atoms with E-state index in [1.807, 2.05) is 0 Å². The van der Waals surface area contributed by atoms with Crippen LogP contribution in [-0.2, 0) is 0 Å². The monoisotopic (exact) mass is 173 g/mol. The Bertz CT molecular complexity index is 399. The predicted molar refractivity (Wildman–Crippen MR) is 56.4 cm³/mol. The molecule has 0 radical (unpaired) electrons. The third-order valence-corrected chi connectivity index (χ3v) is 1.63. The van der Waals surface area contributed by atoms with Crippen molar-refractivity contribution in [2.45, 2.75) is 0 Å². The summed E-state index contributed by atoms with van der Waals surface area (Å²) in [6.45, 7) is 7.15. The van der Waals surface area contributed by atoms with E-state index in [1.165, 1.54) is 6.07 Å². The highest BCUT2D eigenvalue weighted by atomic mass is 16.1. The van der Waals surface area contributed by atoms with Crippen molar-refractivity contribution in [3.63, 3.8) is 0 Å². The summed E-state index contributed by atoms with van der Waals surface area (Å²) < 4.78 is 0. The molecule has 0 saturated heterocycles. The number of hydrogen-bond acceptors (Lipinski definition) is 1. The van der Waals surface area contributed by atoms with E-state index in [4.69, 9.17) is 0 Å². The topological polar surface area (TPSA) is 32.9 Å². The molecule has 1 heterocycles. The van der Waals surface area contributed by atoms with E-state index in [0.29, 0.717) is 5.56 Å². The van der Waals surface area contributed by atoms with Gasteiger partial charge >= 0.3 is 0 Å². The Balaban J connectivity index is 3.30. The molecule has 0 aliphatic carbocycles. The first kappa shape index (κ1) is 9.26. The lowest BCUT2D eigenvalue weighted by molar-refractivity contribution is 1.26. The highest BCUT2D eigenvalue weighted by Crippen LogP contribution is 2.03. The van der Waals surface area contributed by atoms with Crippen LogP contribution in [0.4, 0.5) is 0 Å². The van der Waals surface area contributed by atoms with Gasteiger partial charge in [0.25, 0.3) is 0 Å². The van der Waals surface area contributed by atoms with Gasteiger partial charge in [-0.3, -0.25) is 4.79 Å². The molecular formula is C11H11NO. The Labute approximate surface area is 76.9 Å². The first-order chi connectivity index (χ1) is 6.29. The third kappa shape index (κ3) is 2.06. The summed E-state index contributed by atoms with van der Waals surface area (Å²) in [6.07, 6.45) is 8.27. The molecule has 0 saturated carbocycles. The number of rotatable bonds is 3. The summed E-state index contributed by atoms with van der Waals surface area (Å²) in [4.78, 5) is 14.3. The predicted octanol–water partition coefficient (Wildman–Crippen LogP) is 2.22. The second kappa shape index (κ2) is 4.26. The van der Waals surface area contributed by atoms with E-state index in [1.54, 1.807) is 30.5 Å². The molecule has 0 unspecified atom stereocenters. The smallest absolute Gasteiger partial charge is 0.189 e. The molecule has 0 amide bonds. The van der Waals surface area contributed by atoms with Crippen molar-refractivity contribution >= 4 is 12.2 Å².